The Balaban J connectivity index is 2.63. The van der Waals surface area contributed by atoms with Crippen molar-refractivity contribution < 1.29 is 35.9 Å². The molecule has 0 aliphatic heterocycles. The third kappa shape index (κ3) is 5.72. The molecule has 40 valence electrons. The van der Waals surface area contributed by atoms with Gasteiger partial charge in [0.25, 0.3) is 0 Å². The van der Waals surface area contributed by atoms with Crippen molar-refractivity contribution in [3.8, 4) is 0 Å². The van der Waals surface area contributed by atoms with Gasteiger partial charge in [-0.2, -0.15) is 0 Å². The van der Waals surface area contributed by atoms with E-state index in [1.165, 1.54) is 12.6 Å². The van der Waals surface area contributed by atoms with Crippen LogP contribution in [0.4, 0.5) is 0 Å². The van der Waals surface area contributed by atoms with Crippen molar-refractivity contribution in [1.82, 2.24) is 0 Å². The van der Waals surface area contributed by atoms with Crippen molar-refractivity contribution in [2.24, 2.45) is 0 Å². The molecule has 0 aromatic heterocycles. The molecule has 1 atom stereocenters. The minimum atomic E-state index is 0.399. The summed E-state index contributed by atoms with van der Waals surface area (Å²) in [7, 11) is 0. The molecule has 0 fully saturated rings. The van der Waals surface area contributed by atoms with E-state index < -0.39 is 0 Å². The second-order valence-electron chi connectivity index (χ2n) is 1.29. The van der Waals surface area contributed by atoms with Gasteiger partial charge in [0.05, 0.1) is 0 Å². The summed E-state index contributed by atoms with van der Waals surface area (Å²) in [6, 6.07) is 0. The number of hydrogen-bond donors (Lipinski definition) is 0. The average molecular weight is 248 g/mol. The fraction of sp³-hybridized carbons (Fsp3) is 1.00. The summed E-state index contributed by atoms with van der Waals surface area (Å²) in [5.74, 6) is 0. The van der Waals surface area contributed by atoms with E-state index in [0.29, 0.717) is 3.19 Å². The Hall–Kier alpha value is 1.72. The zero-order valence-electron chi connectivity index (χ0n) is 4.19. The molecular formula is C4H10PTb. The second kappa shape index (κ2) is 4.86. The molecule has 1 unspecified atom stereocenters. The Kier molecular flexibility index (Phi) is 6.26. The van der Waals surface area contributed by atoms with Crippen LogP contribution < -0.4 is 0 Å². The van der Waals surface area contributed by atoms with Crippen LogP contribution in [0, 0.1) is 35.9 Å². The Morgan fingerprint density at radius 1 is 1.67 bits per heavy atom. The molecule has 0 saturated carbocycles. The van der Waals surface area contributed by atoms with Gasteiger partial charge in [0, 0.05) is 0 Å². The van der Waals surface area contributed by atoms with E-state index in [1.807, 2.05) is 0 Å². The van der Waals surface area contributed by atoms with E-state index in [1.54, 1.807) is 0 Å². The summed E-state index contributed by atoms with van der Waals surface area (Å²) in [5, 5.41) is 0. The van der Waals surface area contributed by atoms with Gasteiger partial charge in [-0.15, -0.1) is 0 Å². The van der Waals surface area contributed by atoms with E-state index in [9.17, 15) is 0 Å². The van der Waals surface area contributed by atoms with Gasteiger partial charge in [-0.1, -0.05) is 0 Å². The Morgan fingerprint density at radius 3 is 2.17 bits per heavy atom. The monoisotopic (exact) mass is 248 g/mol. The van der Waals surface area contributed by atoms with Crippen LogP contribution in [0.15, 0.2) is 0 Å². The summed E-state index contributed by atoms with van der Waals surface area (Å²) < 4.78 is 0.399. The van der Waals surface area contributed by atoms with E-state index in [-0.39, 0.29) is 0 Å². The predicted octanol–water partition coefficient (Wildman–Crippen LogP) is 1.97. The first-order valence-electron chi connectivity index (χ1n) is 2.12. The Labute approximate surface area is 64.6 Å². The quantitative estimate of drug-likeness (QED) is 0.655. The molecule has 0 saturated heterocycles. The normalized spacial score (nSPS) is 14.7. The van der Waals surface area contributed by atoms with Crippen LogP contribution >= 0.6 is 3.19 Å². The summed E-state index contributed by atoms with van der Waals surface area (Å²) in [6.45, 7) is 4.56. The van der Waals surface area contributed by atoms with Gasteiger partial charge >= 0.3 is 65.2 Å². The van der Waals surface area contributed by atoms with Crippen LogP contribution in [0.3, 0.4) is 0 Å². The van der Waals surface area contributed by atoms with Crippen molar-refractivity contribution in [2.75, 3.05) is 12.8 Å². The molecule has 0 spiro atoms. The maximum atomic E-state index is 2.32. The van der Waals surface area contributed by atoms with Crippen LogP contribution in [0.2, 0.25) is 0 Å². The molecule has 0 aliphatic carbocycles. The minimum absolute atomic E-state index is 0.399. The van der Waals surface area contributed by atoms with E-state index in [0.717, 1.165) is 0 Å². The molecule has 0 radical (unpaired) electrons. The Morgan fingerprint density at radius 2 is 2.17 bits per heavy atom. The Bertz CT molecular complexity index is 28.7. The van der Waals surface area contributed by atoms with Crippen molar-refractivity contribution in [1.29, 1.82) is 0 Å². The first-order valence-corrected chi connectivity index (χ1v) is 6.81. The number of rotatable bonds is 2. The second-order valence-corrected chi connectivity index (χ2v) is 7.78. The van der Waals surface area contributed by atoms with Gasteiger partial charge in [0.2, 0.25) is 0 Å². The van der Waals surface area contributed by atoms with Crippen LogP contribution in [0.1, 0.15) is 13.3 Å². The molecule has 0 aromatic carbocycles. The third-order valence-corrected chi connectivity index (χ3v) is 3.00. The maximum absolute atomic E-state index is 2.32. The summed E-state index contributed by atoms with van der Waals surface area (Å²) in [4.78, 5) is 0. The molecule has 0 aromatic rings. The van der Waals surface area contributed by atoms with Gasteiger partial charge in [0.1, 0.15) is 0 Å². The van der Waals surface area contributed by atoms with Crippen molar-refractivity contribution >= 4 is 3.19 Å². The topological polar surface area (TPSA) is 0 Å². The fourth-order valence-corrected chi connectivity index (χ4v) is 2.33. The van der Waals surface area contributed by atoms with Crippen molar-refractivity contribution in [2.45, 2.75) is 13.3 Å². The van der Waals surface area contributed by atoms with Crippen LogP contribution in [0.5, 0.6) is 0 Å². The van der Waals surface area contributed by atoms with Crippen LogP contribution in [-0.4, -0.2) is 12.8 Å². The zero-order chi connectivity index (χ0) is 4.99. The van der Waals surface area contributed by atoms with E-state index >= 15 is 0 Å². The van der Waals surface area contributed by atoms with Gasteiger partial charge in [-0.05, 0) is 0 Å². The molecule has 0 nitrogen and oxygen atoms in total. The molecule has 0 N–H and O–H groups in total. The molecule has 2 heteroatoms. The first-order chi connectivity index (χ1) is 2.77. The average Bonchev–Trinajstić information content (AvgIpc) is 1.35. The summed E-state index contributed by atoms with van der Waals surface area (Å²) >= 11 is 2.32. The first kappa shape index (κ1) is 7.72. The summed E-state index contributed by atoms with van der Waals surface area (Å²) in [6.07, 6.45) is 2.80. The van der Waals surface area contributed by atoms with Gasteiger partial charge in [0.15, 0.2) is 0 Å². The fourth-order valence-electron chi connectivity index (χ4n) is 0.298. The van der Waals surface area contributed by atoms with Gasteiger partial charge in [-0.3, -0.25) is 0 Å². The molecule has 6 heavy (non-hydrogen) atoms. The standard InChI is InChI=1S/C4H10P.Tb/c1-3-4-5-2;/h3-4H2,1-2H3;/q-1;+1. The molecule has 0 amide bonds. The van der Waals surface area contributed by atoms with E-state index in [4.69, 9.17) is 0 Å². The van der Waals surface area contributed by atoms with Crippen molar-refractivity contribution in [3.63, 3.8) is 0 Å². The molecule has 0 rings (SSSR count). The van der Waals surface area contributed by atoms with Crippen LogP contribution in [-0.2, 0) is 0 Å². The van der Waals surface area contributed by atoms with Crippen LogP contribution in [0.25, 0.3) is 0 Å². The van der Waals surface area contributed by atoms with E-state index in [2.05, 4.69) is 49.5 Å². The van der Waals surface area contributed by atoms with Gasteiger partial charge < -0.3 is 0 Å². The predicted molar refractivity (Wildman–Crippen MR) is 28.0 cm³/mol. The molecule has 0 heterocycles. The summed E-state index contributed by atoms with van der Waals surface area (Å²) in [5.41, 5.74) is 0. The van der Waals surface area contributed by atoms with Crippen molar-refractivity contribution in [3.05, 3.63) is 0 Å². The zero-order valence-corrected chi connectivity index (χ0v) is 7.23. The SMILES string of the molecule is CCC[P](C)[Tb]. The molecule has 0 bridgehead atoms. The number of hydrogen-bond acceptors (Lipinski definition) is 0. The van der Waals surface area contributed by atoms with Gasteiger partial charge in [-0.25, -0.2) is 0 Å². The molecular weight excluding hydrogens is 238 g/mol. The molecule has 0 aliphatic rings. The third-order valence-electron chi connectivity index (χ3n) is 0.522.